The lowest BCUT2D eigenvalue weighted by molar-refractivity contribution is 0.0987. The van der Waals surface area contributed by atoms with Gasteiger partial charge in [-0.3, -0.25) is 14.9 Å². The van der Waals surface area contributed by atoms with E-state index in [1.165, 1.54) is 50.9 Å². The van der Waals surface area contributed by atoms with Gasteiger partial charge in [0.25, 0.3) is 11.8 Å². The Kier molecular flexibility index (Phi) is 7.21. The molecule has 1 aliphatic rings. The summed E-state index contributed by atoms with van der Waals surface area (Å²) < 4.78 is 29.7. The number of fused-ring (bicyclic) bond motifs is 1. The molecule has 3 aromatic carbocycles. The van der Waals surface area contributed by atoms with Crippen LogP contribution in [0.2, 0.25) is 0 Å². The Balaban J connectivity index is 1.37. The van der Waals surface area contributed by atoms with Gasteiger partial charge in [0.05, 0.1) is 27.0 Å². The van der Waals surface area contributed by atoms with E-state index >= 15 is 0 Å². The molecule has 0 radical (unpaired) electrons. The smallest absolute Gasteiger partial charge is 0.258 e. The van der Waals surface area contributed by atoms with Crippen LogP contribution in [-0.2, 0) is 6.42 Å². The molecule has 5 rings (SSSR count). The summed E-state index contributed by atoms with van der Waals surface area (Å²) in [6.07, 6.45) is 0.679. The van der Waals surface area contributed by atoms with Crippen LogP contribution in [0.1, 0.15) is 31.2 Å². The Bertz CT molecular complexity index is 1560. The molecule has 2 heterocycles. The maximum atomic E-state index is 13.6. The number of thiazole rings is 1. The first-order valence-corrected chi connectivity index (χ1v) is 12.9. The number of nitrogens with one attached hydrogen (secondary N) is 1. The minimum absolute atomic E-state index is 0.234. The minimum Gasteiger partial charge on any atom is -0.493 e. The molecule has 4 aromatic rings. The van der Waals surface area contributed by atoms with Gasteiger partial charge < -0.3 is 19.1 Å². The Morgan fingerprint density at radius 3 is 2.38 bits per heavy atom. The van der Waals surface area contributed by atoms with E-state index < -0.39 is 5.82 Å². The fraction of sp³-hybridized carbons (Fsp3) is 0.207. The molecule has 1 aromatic heterocycles. The molecular weight excluding hydrogens is 521 g/mol. The lowest BCUT2D eigenvalue weighted by Gasteiger charge is -2.17. The highest BCUT2D eigenvalue weighted by Gasteiger charge is 2.27. The van der Waals surface area contributed by atoms with Crippen molar-refractivity contribution < 1.29 is 28.2 Å². The normalized spacial score (nSPS) is 12.2. The van der Waals surface area contributed by atoms with Crippen molar-refractivity contribution in [2.45, 2.75) is 13.3 Å². The van der Waals surface area contributed by atoms with Crippen molar-refractivity contribution in [3.05, 3.63) is 82.0 Å². The highest BCUT2D eigenvalue weighted by Crippen LogP contribution is 2.39. The first kappa shape index (κ1) is 26.2. The lowest BCUT2D eigenvalue weighted by Crippen LogP contribution is -2.28. The summed E-state index contributed by atoms with van der Waals surface area (Å²) in [7, 11) is 4.48. The molecular formula is C29H26FN3O5S. The molecule has 0 atom stereocenters. The molecule has 1 aliphatic heterocycles. The van der Waals surface area contributed by atoms with Crippen molar-refractivity contribution in [3.63, 3.8) is 0 Å². The number of carbonyl (C=O) groups is 2. The van der Waals surface area contributed by atoms with E-state index in [2.05, 4.69) is 10.3 Å². The molecule has 0 saturated heterocycles. The predicted molar refractivity (Wildman–Crippen MR) is 148 cm³/mol. The summed E-state index contributed by atoms with van der Waals surface area (Å²) in [5.74, 6) is 0.110. The van der Waals surface area contributed by atoms with Crippen molar-refractivity contribution in [2.24, 2.45) is 0 Å². The molecule has 2 amide bonds. The minimum atomic E-state index is -0.442. The standard InChI is InChI=1S/C29H26FN3O5S/c1-16-25(31-29(39-16)32-27(34)20-14-23(36-2)26(38-4)24(15-20)37-3)18-8-9-22-17(12-18)10-11-33(22)28(35)19-6-5-7-21(30)13-19/h5-9,12-15H,10-11H2,1-4H3,(H,31,32,34). The van der Waals surface area contributed by atoms with Gasteiger partial charge in [-0.25, -0.2) is 9.37 Å². The quantitative estimate of drug-likeness (QED) is 0.318. The van der Waals surface area contributed by atoms with Gasteiger partial charge in [-0.1, -0.05) is 12.1 Å². The number of benzene rings is 3. The molecule has 0 aliphatic carbocycles. The number of amides is 2. The van der Waals surface area contributed by atoms with Crippen molar-refractivity contribution in [3.8, 4) is 28.5 Å². The molecule has 200 valence electrons. The second kappa shape index (κ2) is 10.7. The van der Waals surface area contributed by atoms with Crippen LogP contribution in [0.3, 0.4) is 0 Å². The molecule has 0 saturated carbocycles. The van der Waals surface area contributed by atoms with Gasteiger partial charge in [0.15, 0.2) is 16.6 Å². The maximum Gasteiger partial charge on any atom is 0.258 e. The van der Waals surface area contributed by atoms with Crippen LogP contribution in [0.4, 0.5) is 15.2 Å². The third-order valence-electron chi connectivity index (χ3n) is 6.51. The van der Waals surface area contributed by atoms with Crippen LogP contribution in [-0.4, -0.2) is 44.7 Å². The number of methoxy groups -OCH3 is 3. The van der Waals surface area contributed by atoms with E-state index in [1.54, 1.807) is 23.1 Å². The largest absolute Gasteiger partial charge is 0.493 e. The van der Waals surface area contributed by atoms with E-state index in [9.17, 15) is 14.0 Å². The van der Waals surface area contributed by atoms with E-state index in [-0.39, 0.29) is 11.8 Å². The van der Waals surface area contributed by atoms with Crippen LogP contribution in [0.25, 0.3) is 11.3 Å². The van der Waals surface area contributed by atoms with Crippen LogP contribution >= 0.6 is 11.3 Å². The zero-order valence-electron chi connectivity index (χ0n) is 21.8. The summed E-state index contributed by atoms with van der Waals surface area (Å²) in [4.78, 5) is 33.3. The zero-order chi connectivity index (χ0) is 27.7. The molecule has 0 spiro atoms. The average molecular weight is 548 g/mol. The summed E-state index contributed by atoms with van der Waals surface area (Å²) >= 11 is 1.37. The first-order valence-electron chi connectivity index (χ1n) is 12.1. The van der Waals surface area contributed by atoms with Gasteiger partial charge in [-0.15, -0.1) is 11.3 Å². The van der Waals surface area contributed by atoms with E-state index in [4.69, 9.17) is 14.2 Å². The number of ether oxygens (including phenoxy) is 3. The summed E-state index contributed by atoms with van der Waals surface area (Å²) in [5.41, 5.74) is 4.09. The monoisotopic (exact) mass is 547 g/mol. The number of aryl methyl sites for hydroxylation is 1. The van der Waals surface area contributed by atoms with Gasteiger partial charge in [-0.2, -0.15) is 0 Å². The molecule has 1 N–H and O–H groups in total. The molecule has 0 unspecified atom stereocenters. The van der Waals surface area contributed by atoms with Gasteiger partial charge in [0.1, 0.15) is 5.82 Å². The zero-order valence-corrected chi connectivity index (χ0v) is 22.6. The molecule has 10 heteroatoms. The number of aromatic nitrogens is 1. The lowest BCUT2D eigenvalue weighted by atomic mass is 10.1. The number of hydrogen-bond acceptors (Lipinski definition) is 7. The Hall–Kier alpha value is -4.44. The van der Waals surface area contributed by atoms with Crippen molar-refractivity contribution in [1.82, 2.24) is 4.98 Å². The first-order chi connectivity index (χ1) is 18.8. The summed E-state index contributed by atoms with van der Waals surface area (Å²) in [5, 5.41) is 3.31. The Morgan fingerprint density at radius 2 is 1.72 bits per heavy atom. The highest BCUT2D eigenvalue weighted by molar-refractivity contribution is 7.16. The number of rotatable bonds is 7. The van der Waals surface area contributed by atoms with E-state index in [0.717, 1.165) is 27.4 Å². The fourth-order valence-corrected chi connectivity index (χ4v) is 5.47. The number of anilines is 2. The highest BCUT2D eigenvalue weighted by atomic mass is 32.1. The SMILES string of the molecule is COc1cc(C(=O)Nc2nc(-c3ccc4c(c3)CCN4C(=O)c3cccc(F)c3)c(C)s2)cc(OC)c1OC. The van der Waals surface area contributed by atoms with Gasteiger partial charge in [-0.05, 0) is 61.4 Å². The molecule has 8 nitrogen and oxygen atoms in total. The maximum absolute atomic E-state index is 13.6. The van der Waals surface area contributed by atoms with E-state index in [0.29, 0.717) is 46.5 Å². The second-order valence-corrected chi connectivity index (χ2v) is 10.1. The van der Waals surface area contributed by atoms with E-state index in [1.807, 2.05) is 25.1 Å². The Labute approximate surface area is 229 Å². The summed E-state index contributed by atoms with van der Waals surface area (Å²) in [6.45, 7) is 2.45. The number of halogens is 1. The van der Waals surface area contributed by atoms with Crippen molar-refractivity contribution >= 4 is 34.0 Å². The van der Waals surface area contributed by atoms with Crippen LogP contribution in [0, 0.1) is 12.7 Å². The fourth-order valence-electron chi connectivity index (χ4n) is 4.64. The van der Waals surface area contributed by atoms with Crippen LogP contribution < -0.4 is 24.4 Å². The van der Waals surface area contributed by atoms with Crippen molar-refractivity contribution in [2.75, 3.05) is 38.1 Å². The van der Waals surface area contributed by atoms with Crippen molar-refractivity contribution in [1.29, 1.82) is 0 Å². The third kappa shape index (κ3) is 5.03. The number of nitrogens with zero attached hydrogens (tertiary/aromatic N) is 2. The van der Waals surface area contributed by atoms with Gasteiger partial charge >= 0.3 is 0 Å². The Morgan fingerprint density at radius 1 is 0.974 bits per heavy atom. The van der Waals surface area contributed by atoms with Crippen LogP contribution in [0.5, 0.6) is 17.2 Å². The second-order valence-electron chi connectivity index (χ2n) is 8.85. The molecule has 39 heavy (non-hydrogen) atoms. The predicted octanol–water partition coefficient (Wildman–Crippen LogP) is 5.74. The average Bonchev–Trinajstić information content (AvgIpc) is 3.54. The molecule has 0 bridgehead atoms. The van der Waals surface area contributed by atoms with Gasteiger partial charge in [0, 0.05) is 33.8 Å². The van der Waals surface area contributed by atoms with Gasteiger partial charge in [0.2, 0.25) is 5.75 Å². The number of carbonyl (C=O) groups excluding carboxylic acids is 2. The molecule has 0 fully saturated rings. The third-order valence-corrected chi connectivity index (χ3v) is 7.40. The summed E-state index contributed by atoms with van der Waals surface area (Å²) in [6, 6.07) is 14.7. The number of hydrogen-bond donors (Lipinski definition) is 1. The topological polar surface area (TPSA) is 90.0 Å². The van der Waals surface area contributed by atoms with Crippen LogP contribution in [0.15, 0.2) is 54.6 Å².